The quantitative estimate of drug-likeness (QED) is 0.0404. The molecular formula is C16H17B90Cl2F2N2O4-. The van der Waals surface area contributed by atoms with Crippen molar-refractivity contribution in [3.05, 3.63) is 57.6 Å². The minimum atomic E-state index is -1.27. The molecule has 0 aliphatic heterocycles. The molecule has 100 heteroatoms. The average molecular weight is 1380 g/mol. The van der Waals surface area contributed by atoms with Crippen molar-refractivity contribution in [3.63, 3.8) is 0 Å². The van der Waals surface area contributed by atoms with Crippen molar-refractivity contribution in [3.8, 4) is 0 Å². The predicted molar refractivity (Wildman–Crippen MR) is 613 cm³/mol. The summed E-state index contributed by atoms with van der Waals surface area (Å²) in [5, 5.41) is 7.60. The standard InChI is InChI=1S/C10H11ClFNO2.C6H3ClFNO2.B45H3.B45/c1-10(2,3)15-9(14)7-5-4-6(12)8(11)13-7;7-5-3(8)1-2-4(9-5)6(10)11;2*1-24-36(25(2)3)42(37(26(4)5)27(6)7)45(43(38(28(8)9)29(10)11)39(30(12)13)31(14)15)44(40(32(16)17)33(18)19)41(34(20)21)35(22)23/h4-5H,1-3H3;1-2H,(H,10,11);1H3;/q;;-1;. The SMILES string of the molecule is CC(C)(C)OC(=O)c1ccc(F)c(Cl)n1.O=C(O)c1ccc(F)c(Cl)n1.[B]B([B])B([B][BH3-])B(B(B([B])[B])B([B])[B])B(B(B(B([B])[B])B([B])[B])B(B([B])[B])B([B])[B])B(B(B([B])[B])B([B])[B])B(B([B])[B])B([B])[B].[B][B]B(B([B])[B])B(B(B([B])[B])B([B])[B])B(B(B(B([B])[B])B([B])[B])B(B([B])[B])B([B])[B])B(B(B([B])[B])B([B])[B])B(B([B])[B])B([B])[B]. The summed E-state index contributed by atoms with van der Waals surface area (Å²) in [4.78, 5) is 28.5. The zero-order valence-corrected chi connectivity index (χ0v) is 66.8. The number of carbonyl (C=O) groups is 2. The summed E-state index contributed by atoms with van der Waals surface area (Å²) < 4.78 is 30.2. The van der Waals surface area contributed by atoms with E-state index in [-0.39, 0.29) is 16.5 Å². The van der Waals surface area contributed by atoms with Crippen LogP contribution < -0.4 is 0 Å². The second-order valence-corrected chi connectivity index (χ2v) is 30.9. The van der Waals surface area contributed by atoms with Crippen LogP contribution in [-0.4, -0.2) is 671 Å². The maximum Gasteiger partial charge on any atom is 0.357 e. The number of carboxylic acids is 1. The van der Waals surface area contributed by atoms with Gasteiger partial charge in [0.25, 0.3) is 0 Å². The summed E-state index contributed by atoms with van der Waals surface area (Å²) in [5.41, 5.74) is -0.882. The summed E-state index contributed by atoms with van der Waals surface area (Å²) in [6, 6.07) is 4.31. The molecule has 0 amide bonds. The number of aromatic nitrogens is 2. The number of esters is 1. The van der Waals surface area contributed by atoms with Gasteiger partial charge in [0.1, 0.15) is 17.0 Å². The van der Waals surface area contributed by atoms with E-state index in [1.807, 2.05) is 7.06 Å². The van der Waals surface area contributed by atoms with Gasteiger partial charge in [0.2, 0.25) is 0 Å². The van der Waals surface area contributed by atoms with Crippen LogP contribution in [0, 0.1) is 11.6 Å². The maximum atomic E-state index is 12.8. The number of pyridine rings is 2. The van der Waals surface area contributed by atoms with Crippen molar-refractivity contribution in [1.82, 2.24) is 9.97 Å². The number of carbonyl (C=O) groups excluding carboxylic acids is 1. The Morgan fingerprint density at radius 3 is 0.647 bits per heavy atom. The Morgan fingerprint density at radius 2 is 0.491 bits per heavy atom. The Labute approximate surface area is 787 Å². The van der Waals surface area contributed by atoms with E-state index in [4.69, 9.17) is 381 Å². The second kappa shape index (κ2) is 57.6. The predicted octanol–water partition coefficient (Wildman–Crippen LogP) is -30.7. The molecule has 0 aliphatic carbocycles. The molecule has 0 bridgehead atoms. The molecule has 0 aromatic carbocycles. The molecule has 2 aromatic rings. The van der Waals surface area contributed by atoms with Crippen LogP contribution in [0.5, 0.6) is 0 Å². The highest BCUT2D eigenvalue weighted by atomic mass is 35.5. The number of halogens is 4. The first-order valence-electron chi connectivity index (χ1n) is 36.0. The number of carboxylic acid groups (broad SMARTS) is 1. The van der Waals surface area contributed by atoms with Gasteiger partial charge in [-0.3, -0.25) is 0 Å². The maximum absolute atomic E-state index is 12.8. The summed E-state index contributed by atoms with van der Waals surface area (Å²) in [5.74, 6) is -3.24. The Balaban J connectivity index is 0. The third kappa shape index (κ3) is 37.4. The lowest BCUT2D eigenvalue weighted by Gasteiger charge is -2.56. The minimum Gasteiger partial charge on any atom is -0.477 e. The highest BCUT2D eigenvalue weighted by molar-refractivity contribution is 8.37. The molecule has 0 aliphatic rings. The van der Waals surface area contributed by atoms with Crippen LogP contribution in [0.1, 0.15) is 41.7 Å². The molecule has 2 rings (SSSR count). The van der Waals surface area contributed by atoms with Gasteiger partial charge in [-0.1, -0.05) is 30.9 Å². The molecule has 414 valence electrons. The lowest BCUT2D eigenvalue weighted by Crippen LogP contribution is -2.94. The lowest BCUT2D eigenvalue weighted by atomic mass is 8.26. The first-order chi connectivity index (χ1) is 52.9. The Morgan fingerprint density at radius 1 is 0.319 bits per heavy atom. The third-order valence-electron chi connectivity index (χ3n) is 20.4. The van der Waals surface area contributed by atoms with Gasteiger partial charge in [-0.15, -0.1) is 0 Å². The third-order valence-corrected chi connectivity index (χ3v) is 21.0. The van der Waals surface area contributed by atoms with E-state index >= 15 is 0 Å². The van der Waals surface area contributed by atoms with E-state index in [9.17, 15) is 18.4 Å². The molecule has 0 saturated carbocycles. The Bertz CT molecular complexity index is 2650. The van der Waals surface area contributed by atoms with Gasteiger partial charge in [0.15, 0.2) is 21.9 Å². The zero-order chi connectivity index (χ0) is 91.7. The fourth-order valence-corrected chi connectivity index (χ4v) is 16.3. The van der Waals surface area contributed by atoms with Crippen molar-refractivity contribution < 1.29 is 28.2 Å². The first kappa shape index (κ1) is 122. The summed E-state index contributed by atoms with van der Waals surface area (Å²) >= 11 is 10.6. The van der Waals surface area contributed by atoms with Crippen LogP contribution in [0.4, 0.5) is 8.78 Å². The van der Waals surface area contributed by atoms with Crippen molar-refractivity contribution in [2.75, 3.05) is 0 Å². The molecule has 116 heavy (non-hydrogen) atoms. The van der Waals surface area contributed by atoms with Crippen LogP contribution >= 0.6 is 23.2 Å². The van der Waals surface area contributed by atoms with Crippen LogP contribution in [-0.2, 0) is 4.74 Å². The van der Waals surface area contributed by atoms with Crippen molar-refractivity contribution in [1.29, 1.82) is 0 Å². The van der Waals surface area contributed by atoms with E-state index < -0.39 is 310 Å². The number of ether oxygens (including phenoxy) is 1. The van der Waals surface area contributed by atoms with Crippen molar-refractivity contribution >= 4 is 673 Å². The number of hydrogen-bond acceptors (Lipinski definition) is 5. The van der Waals surface area contributed by atoms with E-state index in [1.165, 1.54) is 13.1 Å². The van der Waals surface area contributed by atoms with Crippen LogP contribution in [0.3, 0.4) is 0 Å². The summed E-state index contributed by atoms with van der Waals surface area (Å²) in [7, 11) is 289. The first-order valence-corrected chi connectivity index (χ1v) is 36.8. The van der Waals surface area contributed by atoms with E-state index in [2.05, 4.69) is 9.97 Å². The topological polar surface area (TPSA) is 89.4 Å². The fourth-order valence-electron chi connectivity index (χ4n) is 16.0. The van der Waals surface area contributed by atoms with Crippen molar-refractivity contribution in [2.45, 2.75) is 26.4 Å². The molecule has 0 atom stereocenters. The van der Waals surface area contributed by atoms with Gasteiger partial charge in [-0.05, 0) is 349 Å². The number of rotatable bonds is 44. The van der Waals surface area contributed by atoms with Gasteiger partial charge in [0, 0.05) is 319 Å². The number of nitrogens with zero attached hydrogens (tertiary/aromatic N) is 2. The monoisotopic (exact) mass is 1400 g/mol. The Kier molecular flexibility index (Phi) is 60.4. The lowest BCUT2D eigenvalue weighted by molar-refractivity contribution is 0.00624. The van der Waals surface area contributed by atoms with Crippen LogP contribution in [0.2, 0.25) is 10.3 Å². The van der Waals surface area contributed by atoms with Crippen LogP contribution in [0.15, 0.2) is 24.3 Å². The summed E-state index contributed by atoms with van der Waals surface area (Å²) in [6.45, 7) is 5.20. The highest BCUT2D eigenvalue weighted by Gasteiger charge is 2.61. The molecule has 2 aromatic heterocycles. The molecule has 0 spiro atoms. The molecule has 92 radical (unpaired) electrons. The smallest absolute Gasteiger partial charge is 0.357 e. The normalized spacial score (nSPS) is 9.83. The average Bonchev–Trinajstić information content (AvgIpc) is 0.745. The van der Waals surface area contributed by atoms with Gasteiger partial charge in [-0.25, -0.2) is 28.3 Å². The molecule has 0 saturated heterocycles. The molecule has 1 N–H and O–H groups in total. The van der Waals surface area contributed by atoms with Crippen LogP contribution in [0.25, 0.3) is 0 Å². The highest BCUT2D eigenvalue weighted by Crippen LogP contribution is 2.24. The van der Waals surface area contributed by atoms with Gasteiger partial charge >= 0.3 is 11.9 Å². The molecule has 0 fully saturated rings. The molecular weight excluding hydrogens is 1370 g/mol. The largest absolute Gasteiger partial charge is 0.477 e. The minimum absolute atomic E-state index is 0.00340. The molecule has 6 nitrogen and oxygen atoms in total. The molecule has 0 unspecified atom stereocenters. The van der Waals surface area contributed by atoms with Crippen molar-refractivity contribution in [2.24, 2.45) is 0 Å². The van der Waals surface area contributed by atoms with E-state index in [0.717, 1.165) is 18.2 Å². The fraction of sp³-hybridized carbons (Fsp3) is 0.250. The van der Waals surface area contributed by atoms with E-state index in [0.29, 0.717) is 0 Å². The number of aromatic carboxylic acids is 1. The number of hydrogen-bond donors (Lipinski definition) is 1. The van der Waals surface area contributed by atoms with Gasteiger partial charge < -0.3 is 9.84 Å². The molecule has 2 heterocycles. The second-order valence-electron chi connectivity index (χ2n) is 30.2. The van der Waals surface area contributed by atoms with E-state index in [1.54, 1.807) is 20.8 Å². The Hall–Kier alpha value is 3.52. The summed E-state index contributed by atoms with van der Waals surface area (Å²) in [6.07, 6.45) is -48.0. The van der Waals surface area contributed by atoms with Gasteiger partial charge in [-0.2, -0.15) is 7.06 Å². The zero-order valence-electron chi connectivity index (χ0n) is 65.3. The van der Waals surface area contributed by atoms with Gasteiger partial charge in [0.05, 0.1) is 0 Å².